The predicted octanol–water partition coefficient (Wildman–Crippen LogP) is 4.39. The molecule has 0 bridgehead atoms. The predicted molar refractivity (Wildman–Crippen MR) is 99.2 cm³/mol. The number of allylic oxidation sites excluding steroid dienone is 1. The third-order valence-electron chi connectivity index (χ3n) is 3.68. The Kier molecular flexibility index (Phi) is 4.87. The van der Waals surface area contributed by atoms with E-state index in [1.807, 2.05) is 30.3 Å². The van der Waals surface area contributed by atoms with Crippen molar-refractivity contribution in [1.29, 1.82) is 5.26 Å². The van der Waals surface area contributed by atoms with Crippen LogP contribution in [0, 0.1) is 11.3 Å². The highest BCUT2D eigenvalue weighted by molar-refractivity contribution is 7.19. The van der Waals surface area contributed by atoms with Crippen molar-refractivity contribution in [3.05, 3.63) is 47.0 Å². The lowest BCUT2D eigenvalue weighted by atomic mass is 10.1. The van der Waals surface area contributed by atoms with Gasteiger partial charge in [-0.05, 0) is 30.3 Å². The Balaban J connectivity index is 2.13. The van der Waals surface area contributed by atoms with E-state index in [4.69, 9.17) is 14.2 Å². The van der Waals surface area contributed by atoms with Gasteiger partial charge in [-0.15, -0.1) is 11.3 Å². The summed E-state index contributed by atoms with van der Waals surface area (Å²) < 4.78 is 17.2. The van der Waals surface area contributed by atoms with Crippen molar-refractivity contribution >= 4 is 33.2 Å². The lowest BCUT2D eigenvalue weighted by Crippen LogP contribution is -1.97. The first-order valence-electron chi connectivity index (χ1n) is 7.48. The van der Waals surface area contributed by atoms with Gasteiger partial charge in [-0.25, -0.2) is 4.98 Å². The van der Waals surface area contributed by atoms with Crippen LogP contribution in [-0.2, 0) is 0 Å². The fourth-order valence-electron chi connectivity index (χ4n) is 2.52. The smallest absolute Gasteiger partial charge is 0.203 e. The molecule has 0 aliphatic rings. The van der Waals surface area contributed by atoms with Gasteiger partial charge in [-0.2, -0.15) is 5.26 Å². The molecular formula is C19H16N2O3S. The van der Waals surface area contributed by atoms with Crippen molar-refractivity contribution in [3.63, 3.8) is 0 Å². The van der Waals surface area contributed by atoms with Crippen LogP contribution < -0.4 is 14.2 Å². The molecule has 3 aromatic rings. The summed E-state index contributed by atoms with van der Waals surface area (Å²) in [5, 5.41) is 10.3. The van der Waals surface area contributed by atoms with Crippen molar-refractivity contribution in [3.8, 4) is 23.3 Å². The van der Waals surface area contributed by atoms with Gasteiger partial charge in [0, 0.05) is 5.56 Å². The summed E-state index contributed by atoms with van der Waals surface area (Å²) in [7, 11) is 4.67. The number of fused-ring (bicyclic) bond motifs is 1. The number of para-hydroxylation sites is 1. The van der Waals surface area contributed by atoms with Gasteiger partial charge in [0.25, 0.3) is 0 Å². The molecule has 0 unspecified atom stereocenters. The molecule has 0 N–H and O–H groups in total. The minimum atomic E-state index is 0.465. The largest absolute Gasteiger partial charge is 0.493 e. The molecule has 25 heavy (non-hydrogen) atoms. The van der Waals surface area contributed by atoms with E-state index in [0.29, 0.717) is 27.8 Å². The Labute approximate surface area is 149 Å². The van der Waals surface area contributed by atoms with Crippen LogP contribution in [0.25, 0.3) is 21.9 Å². The van der Waals surface area contributed by atoms with Gasteiger partial charge < -0.3 is 14.2 Å². The normalized spacial score (nSPS) is 11.2. The molecule has 0 saturated heterocycles. The highest BCUT2D eigenvalue weighted by Gasteiger charge is 2.16. The number of hydrogen-bond donors (Lipinski definition) is 0. The average molecular weight is 352 g/mol. The topological polar surface area (TPSA) is 64.4 Å². The first-order valence-corrected chi connectivity index (χ1v) is 8.30. The second-order valence-corrected chi connectivity index (χ2v) is 6.11. The zero-order valence-corrected chi connectivity index (χ0v) is 14.9. The SMILES string of the molecule is COc1ccc(/C=C(\C#N)c2nc3ccccc3s2)c(OC)c1OC. The van der Waals surface area contributed by atoms with Crippen molar-refractivity contribution in [2.45, 2.75) is 0 Å². The molecule has 0 fully saturated rings. The van der Waals surface area contributed by atoms with Crippen LogP contribution in [0.4, 0.5) is 0 Å². The fourth-order valence-corrected chi connectivity index (χ4v) is 3.45. The van der Waals surface area contributed by atoms with E-state index >= 15 is 0 Å². The molecule has 0 atom stereocenters. The Hall–Kier alpha value is -3.04. The molecule has 0 aliphatic heterocycles. The zero-order valence-electron chi connectivity index (χ0n) is 14.1. The molecule has 1 aromatic heterocycles. The first-order chi connectivity index (χ1) is 12.2. The van der Waals surface area contributed by atoms with E-state index in [9.17, 15) is 5.26 Å². The van der Waals surface area contributed by atoms with Crippen LogP contribution in [0.1, 0.15) is 10.6 Å². The number of methoxy groups -OCH3 is 3. The molecular weight excluding hydrogens is 336 g/mol. The summed E-state index contributed by atoms with van der Waals surface area (Å²) in [5.41, 5.74) is 2.06. The number of rotatable bonds is 5. The van der Waals surface area contributed by atoms with E-state index in [1.54, 1.807) is 33.5 Å². The molecule has 0 amide bonds. The van der Waals surface area contributed by atoms with Crippen molar-refractivity contribution in [1.82, 2.24) is 4.98 Å². The summed E-state index contributed by atoms with van der Waals surface area (Å²) in [4.78, 5) is 4.54. The quantitative estimate of drug-likeness (QED) is 0.637. The molecule has 6 heteroatoms. The van der Waals surface area contributed by atoms with Crippen molar-refractivity contribution < 1.29 is 14.2 Å². The molecule has 126 valence electrons. The summed E-state index contributed by atoms with van der Waals surface area (Å²) in [6.07, 6.45) is 1.75. The van der Waals surface area contributed by atoms with E-state index in [2.05, 4.69) is 11.1 Å². The van der Waals surface area contributed by atoms with Gasteiger partial charge >= 0.3 is 0 Å². The standard InChI is InChI=1S/C19H16N2O3S/c1-22-15-9-8-12(17(23-2)18(15)24-3)10-13(11-20)19-21-14-6-4-5-7-16(14)25-19/h4-10H,1-3H3/b13-10+. The van der Waals surface area contributed by atoms with Gasteiger partial charge in [-0.3, -0.25) is 0 Å². The molecule has 2 aromatic carbocycles. The fraction of sp³-hybridized carbons (Fsp3) is 0.158. The molecule has 1 heterocycles. The van der Waals surface area contributed by atoms with Gasteiger partial charge in [-0.1, -0.05) is 12.1 Å². The lowest BCUT2D eigenvalue weighted by Gasteiger charge is -2.14. The molecule has 0 radical (unpaired) electrons. The van der Waals surface area contributed by atoms with Crippen LogP contribution in [0.3, 0.4) is 0 Å². The Morgan fingerprint density at radius 1 is 1.04 bits per heavy atom. The van der Waals surface area contributed by atoms with Crippen LogP contribution >= 0.6 is 11.3 Å². The van der Waals surface area contributed by atoms with E-state index in [0.717, 1.165) is 15.8 Å². The monoisotopic (exact) mass is 352 g/mol. The number of nitriles is 1. The van der Waals surface area contributed by atoms with Crippen molar-refractivity contribution in [2.24, 2.45) is 0 Å². The van der Waals surface area contributed by atoms with E-state index < -0.39 is 0 Å². The second kappa shape index (κ2) is 7.24. The number of thiazole rings is 1. The van der Waals surface area contributed by atoms with Crippen molar-refractivity contribution in [2.75, 3.05) is 21.3 Å². The molecule has 0 aliphatic carbocycles. The van der Waals surface area contributed by atoms with E-state index in [1.165, 1.54) is 11.3 Å². The Morgan fingerprint density at radius 3 is 2.44 bits per heavy atom. The Bertz CT molecular complexity index is 953. The third kappa shape index (κ3) is 3.14. The molecule has 0 spiro atoms. The zero-order chi connectivity index (χ0) is 17.8. The van der Waals surface area contributed by atoms with Gasteiger partial charge in [0.05, 0.1) is 37.1 Å². The van der Waals surface area contributed by atoms with Gasteiger partial charge in [0.2, 0.25) is 5.75 Å². The van der Waals surface area contributed by atoms with Crippen LogP contribution in [-0.4, -0.2) is 26.3 Å². The average Bonchev–Trinajstić information content (AvgIpc) is 3.09. The Morgan fingerprint density at radius 2 is 1.80 bits per heavy atom. The maximum Gasteiger partial charge on any atom is 0.203 e. The lowest BCUT2D eigenvalue weighted by molar-refractivity contribution is 0.324. The number of nitrogens with zero attached hydrogens (tertiary/aromatic N) is 2. The van der Waals surface area contributed by atoms with Crippen LogP contribution in [0.2, 0.25) is 0 Å². The number of aromatic nitrogens is 1. The van der Waals surface area contributed by atoms with Crippen LogP contribution in [0.5, 0.6) is 17.2 Å². The minimum absolute atomic E-state index is 0.465. The number of hydrogen-bond acceptors (Lipinski definition) is 6. The number of benzene rings is 2. The van der Waals surface area contributed by atoms with E-state index in [-0.39, 0.29) is 0 Å². The summed E-state index contributed by atoms with van der Waals surface area (Å²) >= 11 is 1.48. The molecule has 3 rings (SSSR count). The maximum absolute atomic E-state index is 9.61. The highest BCUT2D eigenvalue weighted by atomic mass is 32.1. The maximum atomic E-state index is 9.61. The third-order valence-corrected chi connectivity index (χ3v) is 4.75. The summed E-state index contributed by atoms with van der Waals surface area (Å²) in [6.45, 7) is 0. The minimum Gasteiger partial charge on any atom is -0.493 e. The van der Waals surface area contributed by atoms with Gasteiger partial charge in [0.15, 0.2) is 11.5 Å². The first kappa shape index (κ1) is 16.8. The molecule has 5 nitrogen and oxygen atoms in total. The summed E-state index contributed by atoms with van der Waals surface area (Å²) in [6, 6.07) is 13.6. The molecule has 0 saturated carbocycles. The van der Waals surface area contributed by atoms with Gasteiger partial charge in [0.1, 0.15) is 11.1 Å². The summed E-state index contributed by atoms with van der Waals surface area (Å²) in [5.74, 6) is 1.56. The van der Waals surface area contributed by atoms with Crippen LogP contribution in [0.15, 0.2) is 36.4 Å². The highest BCUT2D eigenvalue weighted by Crippen LogP contribution is 2.41. The second-order valence-electron chi connectivity index (χ2n) is 5.08. The number of ether oxygens (including phenoxy) is 3.